The molecule has 1 fully saturated rings. The maximum absolute atomic E-state index is 12.0. The smallest absolute Gasteiger partial charge is 0.409 e. The summed E-state index contributed by atoms with van der Waals surface area (Å²) in [5, 5.41) is 5.12. The SMILES string of the molecule is CC(C)OC(=O)N[C@H]1[C@H](NC(=O)OC(C)C)N(C)C(=O)N1C. The third kappa shape index (κ3) is 4.40. The minimum atomic E-state index is -0.761. The highest BCUT2D eigenvalue weighted by molar-refractivity contribution is 5.80. The molecule has 0 aliphatic carbocycles. The molecule has 9 heteroatoms. The number of nitrogens with one attached hydrogen (secondary N) is 2. The Balaban J connectivity index is 2.79. The molecule has 0 unspecified atom stereocenters. The van der Waals surface area contributed by atoms with E-state index in [1.54, 1.807) is 27.7 Å². The number of carbonyl (C=O) groups excluding carboxylic acids is 3. The number of rotatable bonds is 4. The van der Waals surface area contributed by atoms with Gasteiger partial charge in [-0.15, -0.1) is 0 Å². The van der Waals surface area contributed by atoms with Crippen LogP contribution in [0, 0.1) is 0 Å². The summed E-state index contributed by atoms with van der Waals surface area (Å²) >= 11 is 0. The molecule has 2 atom stereocenters. The first kappa shape index (κ1) is 17.9. The maximum atomic E-state index is 12.0. The van der Waals surface area contributed by atoms with Crippen LogP contribution >= 0.6 is 0 Å². The predicted molar refractivity (Wildman–Crippen MR) is 78.0 cm³/mol. The molecule has 126 valence electrons. The number of nitrogens with zero attached hydrogens (tertiary/aromatic N) is 2. The molecular formula is C13H24N4O5. The minimum Gasteiger partial charge on any atom is -0.447 e. The van der Waals surface area contributed by atoms with Gasteiger partial charge >= 0.3 is 18.2 Å². The topological polar surface area (TPSA) is 100 Å². The van der Waals surface area contributed by atoms with Crippen LogP contribution in [0.4, 0.5) is 14.4 Å². The number of alkyl carbamates (subject to hydrolysis) is 2. The fourth-order valence-corrected chi connectivity index (χ4v) is 2.00. The molecule has 22 heavy (non-hydrogen) atoms. The van der Waals surface area contributed by atoms with Gasteiger partial charge in [0, 0.05) is 14.1 Å². The molecule has 1 aliphatic heterocycles. The van der Waals surface area contributed by atoms with Crippen LogP contribution in [0.1, 0.15) is 27.7 Å². The molecule has 1 heterocycles. The summed E-state index contributed by atoms with van der Waals surface area (Å²) in [6.07, 6.45) is -3.44. The van der Waals surface area contributed by atoms with E-state index in [1.807, 2.05) is 0 Å². The lowest BCUT2D eigenvalue weighted by molar-refractivity contribution is 0.0891. The van der Waals surface area contributed by atoms with Crippen LogP contribution in [0.5, 0.6) is 0 Å². The molecule has 1 aliphatic rings. The van der Waals surface area contributed by atoms with E-state index in [-0.39, 0.29) is 18.2 Å². The van der Waals surface area contributed by atoms with Gasteiger partial charge in [-0.1, -0.05) is 0 Å². The highest BCUT2D eigenvalue weighted by Crippen LogP contribution is 2.16. The Morgan fingerprint density at radius 2 is 1.23 bits per heavy atom. The summed E-state index contributed by atoms with van der Waals surface area (Å²) in [6, 6.07) is -0.343. The first-order chi connectivity index (χ1) is 10.1. The number of hydrogen-bond donors (Lipinski definition) is 2. The molecule has 9 nitrogen and oxygen atoms in total. The van der Waals surface area contributed by atoms with Gasteiger partial charge in [0.05, 0.1) is 12.2 Å². The van der Waals surface area contributed by atoms with Gasteiger partial charge in [-0.3, -0.25) is 10.6 Å². The summed E-state index contributed by atoms with van der Waals surface area (Å²) in [5.41, 5.74) is 0. The van der Waals surface area contributed by atoms with Gasteiger partial charge in [0.25, 0.3) is 0 Å². The van der Waals surface area contributed by atoms with Gasteiger partial charge in [0.2, 0.25) is 0 Å². The average molecular weight is 316 g/mol. The van der Waals surface area contributed by atoms with Gasteiger partial charge in [0.15, 0.2) is 0 Å². The van der Waals surface area contributed by atoms with E-state index >= 15 is 0 Å². The number of carbonyl (C=O) groups is 3. The molecule has 0 aromatic carbocycles. The lowest BCUT2D eigenvalue weighted by Crippen LogP contribution is -2.57. The molecule has 0 radical (unpaired) electrons. The standard InChI is InChI=1S/C13H24N4O5/c1-7(2)21-11(18)14-9-10(15-12(19)22-8(3)4)17(6)13(20)16(9)5/h7-10H,1-6H3,(H,14,18)(H,15,19)/t9-,10-/m1/s1. The van der Waals surface area contributed by atoms with E-state index in [2.05, 4.69) is 10.6 Å². The van der Waals surface area contributed by atoms with Gasteiger partial charge in [0.1, 0.15) is 12.3 Å². The molecule has 0 spiro atoms. The Hall–Kier alpha value is -2.19. The van der Waals surface area contributed by atoms with Crippen molar-refractivity contribution in [2.75, 3.05) is 14.1 Å². The number of ether oxygens (including phenoxy) is 2. The normalized spacial score (nSPS) is 21.4. The van der Waals surface area contributed by atoms with Gasteiger partial charge in [-0.2, -0.15) is 0 Å². The number of amides is 4. The Bertz CT molecular complexity index is 402. The van der Waals surface area contributed by atoms with Crippen LogP contribution in [-0.4, -0.2) is 66.7 Å². The second kappa shape index (κ2) is 7.19. The fourth-order valence-electron chi connectivity index (χ4n) is 2.00. The molecule has 0 aromatic heterocycles. The summed E-state index contributed by atoms with van der Waals surface area (Å²) in [5.74, 6) is 0. The predicted octanol–water partition coefficient (Wildman–Crippen LogP) is 0.905. The Labute approximate surface area is 129 Å². The van der Waals surface area contributed by atoms with Crippen molar-refractivity contribution in [3.8, 4) is 0 Å². The zero-order valence-electron chi connectivity index (χ0n) is 13.7. The van der Waals surface area contributed by atoms with E-state index in [9.17, 15) is 14.4 Å². The highest BCUT2D eigenvalue weighted by atomic mass is 16.6. The number of likely N-dealkylation sites (N-methyl/N-ethyl adjacent to an activating group) is 2. The Kier molecular flexibility index (Phi) is 5.84. The number of urea groups is 1. The molecule has 0 aromatic rings. The van der Waals surface area contributed by atoms with Crippen molar-refractivity contribution < 1.29 is 23.9 Å². The molecule has 1 saturated heterocycles. The van der Waals surface area contributed by atoms with Gasteiger partial charge in [-0.25, -0.2) is 14.4 Å². The zero-order chi connectivity index (χ0) is 17.0. The summed E-state index contributed by atoms with van der Waals surface area (Å²) in [6.45, 7) is 6.85. The van der Waals surface area contributed by atoms with Crippen LogP contribution in [-0.2, 0) is 9.47 Å². The van der Waals surface area contributed by atoms with Crippen LogP contribution < -0.4 is 10.6 Å². The second-order valence-corrected chi connectivity index (χ2v) is 5.59. The third-order valence-corrected chi connectivity index (χ3v) is 2.95. The Morgan fingerprint density at radius 3 is 1.50 bits per heavy atom. The van der Waals surface area contributed by atoms with E-state index in [0.717, 1.165) is 0 Å². The van der Waals surface area contributed by atoms with E-state index in [1.165, 1.54) is 23.9 Å². The third-order valence-electron chi connectivity index (χ3n) is 2.95. The zero-order valence-corrected chi connectivity index (χ0v) is 13.7. The van der Waals surface area contributed by atoms with E-state index in [4.69, 9.17) is 9.47 Å². The molecular weight excluding hydrogens is 292 g/mol. The van der Waals surface area contributed by atoms with Crippen LogP contribution in [0.2, 0.25) is 0 Å². The van der Waals surface area contributed by atoms with Crippen LogP contribution in [0.15, 0.2) is 0 Å². The van der Waals surface area contributed by atoms with Gasteiger partial charge in [-0.05, 0) is 27.7 Å². The average Bonchev–Trinajstić information content (AvgIpc) is 2.54. The van der Waals surface area contributed by atoms with Crippen molar-refractivity contribution >= 4 is 18.2 Å². The minimum absolute atomic E-state index is 0.294. The van der Waals surface area contributed by atoms with E-state index < -0.39 is 24.5 Å². The monoisotopic (exact) mass is 316 g/mol. The summed E-state index contributed by atoms with van der Waals surface area (Å²) in [7, 11) is 3.04. The van der Waals surface area contributed by atoms with Crippen LogP contribution in [0.3, 0.4) is 0 Å². The first-order valence-electron chi connectivity index (χ1n) is 7.07. The van der Waals surface area contributed by atoms with Crippen molar-refractivity contribution in [2.24, 2.45) is 0 Å². The lowest BCUT2D eigenvalue weighted by Gasteiger charge is -2.26. The summed E-state index contributed by atoms with van der Waals surface area (Å²) < 4.78 is 10.00. The molecule has 0 bridgehead atoms. The van der Waals surface area contributed by atoms with Crippen molar-refractivity contribution in [1.29, 1.82) is 0 Å². The molecule has 0 saturated carbocycles. The van der Waals surface area contributed by atoms with Gasteiger partial charge < -0.3 is 19.3 Å². The molecule has 4 amide bonds. The van der Waals surface area contributed by atoms with Crippen molar-refractivity contribution in [1.82, 2.24) is 20.4 Å². The first-order valence-corrected chi connectivity index (χ1v) is 7.07. The molecule has 1 rings (SSSR count). The number of hydrogen-bond acceptors (Lipinski definition) is 5. The second-order valence-electron chi connectivity index (χ2n) is 5.59. The van der Waals surface area contributed by atoms with Crippen molar-refractivity contribution in [2.45, 2.75) is 52.2 Å². The Morgan fingerprint density at radius 1 is 0.909 bits per heavy atom. The lowest BCUT2D eigenvalue weighted by atomic mass is 10.3. The van der Waals surface area contributed by atoms with Crippen LogP contribution in [0.25, 0.3) is 0 Å². The van der Waals surface area contributed by atoms with E-state index in [0.29, 0.717) is 0 Å². The van der Waals surface area contributed by atoms with Crippen molar-refractivity contribution in [3.05, 3.63) is 0 Å². The summed E-state index contributed by atoms with van der Waals surface area (Å²) in [4.78, 5) is 38.1. The quantitative estimate of drug-likeness (QED) is 0.803. The van der Waals surface area contributed by atoms with Crippen molar-refractivity contribution in [3.63, 3.8) is 0 Å². The maximum Gasteiger partial charge on any atom is 0.409 e. The molecule has 2 N–H and O–H groups in total. The largest absolute Gasteiger partial charge is 0.447 e. The highest BCUT2D eigenvalue weighted by Gasteiger charge is 2.44. The fraction of sp³-hybridized carbons (Fsp3) is 0.769.